The van der Waals surface area contributed by atoms with E-state index in [1.165, 1.54) is 11.3 Å². The van der Waals surface area contributed by atoms with Crippen molar-refractivity contribution in [1.82, 2.24) is 15.6 Å². The molecule has 0 saturated carbocycles. The van der Waals surface area contributed by atoms with Gasteiger partial charge in [0.15, 0.2) is 0 Å². The van der Waals surface area contributed by atoms with Gasteiger partial charge in [0.25, 0.3) is 5.91 Å². The summed E-state index contributed by atoms with van der Waals surface area (Å²) >= 11 is 1.45. The number of amides is 1. The second kappa shape index (κ2) is 11.0. The molecule has 1 saturated heterocycles. The maximum Gasteiger partial charge on any atom is 0.263 e. The van der Waals surface area contributed by atoms with Crippen LogP contribution in [0.25, 0.3) is 10.6 Å². The van der Waals surface area contributed by atoms with Gasteiger partial charge in [0.05, 0.1) is 12.3 Å². The number of aromatic nitrogens is 1. The Morgan fingerprint density at radius 2 is 1.93 bits per heavy atom. The lowest BCUT2D eigenvalue weighted by Gasteiger charge is -2.37. The predicted octanol–water partition coefficient (Wildman–Crippen LogP) is 3.71. The van der Waals surface area contributed by atoms with E-state index in [0.717, 1.165) is 42.2 Å². The maximum atomic E-state index is 12.7. The van der Waals surface area contributed by atoms with E-state index in [9.17, 15) is 4.79 Å². The highest BCUT2D eigenvalue weighted by atomic mass is 35.5. The average molecular weight is 432 g/mol. The number of benzene rings is 1. The molecule has 2 aromatic rings. The first-order chi connectivity index (χ1) is 12.1. The molecular weight excluding hydrogens is 405 g/mol. The predicted molar refractivity (Wildman–Crippen MR) is 116 cm³/mol. The van der Waals surface area contributed by atoms with E-state index in [1.54, 1.807) is 7.11 Å². The van der Waals surface area contributed by atoms with Crippen molar-refractivity contribution < 1.29 is 9.53 Å². The first-order valence-corrected chi connectivity index (χ1v) is 9.46. The Balaban J connectivity index is 0.00000182. The first kappa shape index (κ1) is 23.9. The topological polar surface area (TPSA) is 63.2 Å². The Labute approximate surface area is 177 Å². The molecule has 0 bridgehead atoms. The minimum atomic E-state index is -0.0359. The zero-order valence-electron chi connectivity index (χ0n) is 15.6. The number of carbonyl (C=O) groups is 1. The number of thiazole rings is 1. The van der Waals surface area contributed by atoms with Crippen LogP contribution in [0, 0.1) is 12.3 Å². The molecule has 27 heavy (non-hydrogen) atoms. The lowest BCUT2D eigenvalue weighted by atomic mass is 9.79. The molecule has 0 spiro atoms. The minimum Gasteiger partial charge on any atom is -0.384 e. The van der Waals surface area contributed by atoms with Crippen LogP contribution in [0.4, 0.5) is 0 Å². The van der Waals surface area contributed by atoms with Gasteiger partial charge >= 0.3 is 0 Å². The number of methoxy groups -OCH3 is 1. The van der Waals surface area contributed by atoms with Crippen molar-refractivity contribution in [3.05, 3.63) is 40.9 Å². The van der Waals surface area contributed by atoms with E-state index in [1.807, 2.05) is 37.3 Å². The standard InChI is InChI=1S/C19H25N3O2S.2ClH/c1-14-16(25-18(22-14)15-6-4-3-5-7-15)17(23)21-12-19(13-24-2)8-10-20-11-9-19;;/h3-7,20H,8-13H2,1-2H3,(H,21,23);2*1H. The van der Waals surface area contributed by atoms with Crippen LogP contribution in [-0.2, 0) is 4.74 Å². The SMILES string of the molecule is COCC1(CNC(=O)c2sc(-c3ccccc3)nc2C)CCNCC1.Cl.Cl. The molecule has 3 rings (SSSR count). The first-order valence-electron chi connectivity index (χ1n) is 8.64. The van der Waals surface area contributed by atoms with E-state index in [0.29, 0.717) is 18.0 Å². The summed E-state index contributed by atoms with van der Waals surface area (Å²) in [5, 5.41) is 7.38. The Hall–Kier alpha value is -1.18. The highest BCUT2D eigenvalue weighted by Crippen LogP contribution is 2.30. The Bertz CT molecular complexity index is 713. The van der Waals surface area contributed by atoms with Gasteiger partial charge in [-0.15, -0.1) is 36.2 Å². The van der Waals surface area contributed by atoms with Crippen LogP contribution in [0.3, 0.4) is 0 Å². The molecule has 1 fully saturated rings. The third kappa shape index (κ3) is 5.90. The van der Waals surface area contributed by atoms with Crippen LogP contribution < -0.4 is 10.6 Å². The van der Waals surface area contributed by atoms with E-state index in [4.69, 9.17) is 4.74 Å². The van der Waals surface area contributed by atoms with E-state index in [2.05, 4.69) is 15.6 Å². The van der Waals surface area contributed by atoms with Gasteiger partial charge in [0, 0.05) is 24.6 Å². The number of hydrogen-bond donors (Lipinski definition) is 2. The Morgan fingerprint density at radius 1 is 1.26 bits per heavy atom. The third-order valence-corrected chi connectivity index (χ3v) is 5.97. The van der Waals surface area contributed by atoms with Crippen LogP contribution in [0.5, 0.6) is 0 Å². The molecule has 1 aliphatic rings. The number of piperidine rings is 1. The molecule has 2 N–H and O–H groups in total. The second-order valence-corrected chi connectivity index (χ2v) is 7.66. The molecule has 1 aliphatic heterocycles. The molecule has 8 heteroatoms. The number of aryl methyl sites for hydroxylation is 1. The fourth-order valence-corrected chi connectivity index (χ4v) is 4.28. The number of hydrogen-bond acceptors (Lipinski definition) is 5. The summed E-state index contributed by atoms with van der Waals surface area (Å²) in [4.78, 5) is 18.0. The Morgan fingerprint density at radius 3 is 2.56 bits per heavy atom. The molecule has 1 aromatic carbocycles. The maximum absolute atomic E-state index is 12.7. The van der Waals surface area contributed by atoms with Crippen molar-refractivity contribution in [1.29, 1.82) is 0 Å². The van der Waals surface area contributed by atoms with Crippen molar-refractivity contribution in [3.8, 4) is 10.6 Å². The van der Waals surface area contributed by atoms with Crippen molar-refractivity contribution in [2.45, 2.75) is 19.8 Å². The van der Waals surface area contributed by atoms with Gasteiger partial charge in [-0.3, -0.25) is 4.79 Å². The molecule has 2 heterocycles. The monoisotopic (exact) mass is 431 g/mol. The summed E-state index contributed by atoms with van der Waals surface area (Å²) in [6.07, 6.45) is 2.02. The van der Waals surface area contributed by atoms with Gasteiger partial charge in [0.1, 0.15) is 9.88 Å². The van der Waals surface area contributed by atoms with Gasteiger partial charge in [-0.05, 0) is 32.9 Å². The summed E-state index contributed by atoms with van der Waals surface area (Å²) in [7, 11) is 1.73. The lowest BCUT2D eigenvalue weighted by Crippen LogP contribution is -2.47. The number of halogens is 2. The normalized spacial score (nSPS) is 15.3. The van der Waals surface area contributed by atoms with Gasteiger partial charge in [0.2, 0.25) is 0 Å². The molecule has 150 valence electrons. The van der Waals surface area contributed by atoms with Crippen molar-refractivity contribution >= 4 is 42.1 Å². The molecule has 5 nitrogen and oxygen atoms in total. The van der Waals surface area contributed by atoms with Crippen LogP contribution in [0.15, 0.2) is 30.3 Å². The van der Waals surface area contributed by atoms with Crippen molar-refractivity contribution in [2.24, 2.45) is 5.41 Å². The highest BCUT2D eigenvalue weighted by molar-refractivity contribution is 7.17. The summed E-state index contributed by atoms with van der Waals surface area (Å²) < 4.78 is 5.42. The van der Waals surface area contributed by atoms with E-state index in [-0.39, 0.29) is 36.1 Å². The van der Waals surface area contributed by atoms with Crippen LogP contribution in [0.1, 0.15) is 28.2 Å². The number of carbonyl (C=O) groups excluding carboxylic acids is 1. The second-order valence-electron chi connectivity index (χ2n) is 6.67. The number of rotatable bonds is 6. The van der Waals surface area contributed by atoms with Gasteiger partial charge in [-0.2, -0.15) is 0 Å². The molecule has 1 aromatic heterocycles. The highest BCUT2D eigenvalue weighted by Gasteiger charge is 2.33. The molecule has 0 unspecified atom stereocenters. The van der Waals surface area contributed by atoms with Crippen molar-refractivity contribution in [3.63, 3.8) is 0 Å². The molecular formula is C19H27Cl2N3O2S. The molecule has 0 aliphatic carbocycles. The molecule has 1 amide bonds. The molecule has 0 atom stereocenters. The fourth-order valence-electron chi connectivity index (χ4n) is 3.29. The quantitative estimate of drug-likeness (QED) is 0.731. The number of nitrogens with zero attached hydrogens (tertiary/aromatic N) is 1. The van der Waals surface area contributed by atoms with Gasteiger partial charge in [-0.1, -0.05) is 30.3 Å². The van der Waals surface area contributed by atoms with Crippen LogP contribution in [-0.4, -0.2) is 44.2 Å². The Kier molecular flexibility index (Phi) is 9.70. The van der Waals surface area contributed by atoms with Gasteiger partial charge < -0.3 is 15.4 Å². The average Bonchev–Trinajstić information content (AvgIpc) is 3.03. The van der Waals surface area contributed by atoms with Crippen molar-refractivity contribution in [2.75, 3.05) is 33.4 Å². The number of ether oxygens (including phenoxy) is 1. The minimum absolute atomic E-state index is 0. The zero-order valence-corrected chi connectivity index (χ0v) is 18.1. The smallest absolute Gasteiger partial charge is 0.263 e. The third-order valence-electron chi connectivity index (χ3n) is 4.76. The van der Waals surface area contributed by atoms with E-state index < -0.39 is 0 Å². The van der Waals surface area contributed by atoms with Crippen LogP contribution in [0.2, 0.25) is 0 Å². The fraction of sp³-hybridized carbons (Fsp3) is 0.474. The summed E-state index contributed by atoms with van der Waals surface area (Å²) in [6.45, 7) is 5.15. The zero-order chi connectivity index (χ0) is 17.7. The summed E-state index contributed by atoms with van der Waals surface area (Å²) in [5.74, 6) is -0.0359. The van der Waals surface area contributed by atoms with E-state index >= 15 is 0 Å². The van der Waals surface area contributed by atoms with Crippen LogP contribution >= 0.6 is 36.2 Å². The largest absolute Gasteiger partial charge is 0.384 e. The number of nitrogens with one attached hydrogen (secondary N) is 2. The summed E-state index contributed by atoms with van der Waals surface area (Å²) in [6, 6.07) is 9.98. The van der Waals surface area contributed by atoms with Gasteiger partial charge in [-0.25, -0.2) is 4.98 Å². The lowest BCUT2D eigenvalue weighted by molar-refractivity contribution is 0.0512. The molecule has 0 radical (unpaired) electrons. The summed E-state index contributed by atoms with van der Waals surface area (Å²) in [5.41, 5.74) is 1.85.